The molecule has 0 bridgehead atoms. The van der Waals surface area contributed by atoms with Crippen molar-refractivity contribution in [1.29, 1.82) is 0 Å². The molecular formula is C15H22N2. The predicted molar refractivity (Wildman–Crippen MR) is 74.6 cm³/mol. The summed E-state index contributed by atoms with van der Waals surface area (Å²) in [6.45, 7) is 5.55. The molecule has 0 unspecified atom stereocenters. The first-order valence-electron chi connectivity index (χ1n) is 6.46. The molecule has 0 saturated heterocycles. The van der Waals surface area contributed by atoms with Gasteiger partial charge in [0.05, 0.1) is 0 Å². The lowest BCUT2D eigenvalue weighted by Crippen LogP contribution is -2.08. The second-order valence-corrected chi connectivity index (χ2v) is 4.92. The number of hydrogen-bond donors (Lipinski definition) is 1. The van der Waals surface area contributed by atoms with Crippen LogP contribution in [0.1, 0.15) is 31.9 Å². The molecule has 1 N–H and O–H groups in total. The molecule has 92 valence electrons. The van der Waals surface area contributed by atoms with Crippen molar-refractivity contribution in [3.63, 3.8) is 0 Å². The molecule has 0 aliphatic carbocycles. The van der Waals surface area contributed by atoms with Gasteiger partial charge in [0.1, 0.15) is 0 Å². The fourth-order valence-electron chi connectivity index (χ4n) is 2.27. The topological polar surface area (TPSA) is 17.0 Å². The molecule has 1 aromatic heterocycles. The minimum Gasteiger partial charge on any atom is -0.345 e. The van der Waals surface area contributed by atoms with Gasteiger partial charge in [-0.25, -0.2) is 0 Å². The van der Waals surface area contributed by atoms with Crippen LogP contribution in [0.2, 0.25) is 0 Å². The van der Waals surface area contributed by atoms with Gasteiger partial charge in [0.2, 0.25) is 0 Å². The van der Waals surface area contributed by atoms with E-state index in [1.807, 2.05) is 7.05 Å². The summed E-state index contributed by atoms with van der Waals surface area (Å²) in [6.07, 6.45) is 4.54. The van der Waals surface area contributed by atoms with E-state index in [0.717, 1.165) is 13.0 Å². The van der Waals surface area contributed by atoms with Gasteiger partial charge in [-0.1, -0.05) is 12.1 Å². The lowest BCUT2D eigenvalue weighted by atomic mass is 10.1. The highest BCUT2D eigenvalue weighted by Gasteiger charge is 2.04. The Kier molecular flexibility index (Phi) is 3.85. The molecule has 0 fully saturated rings. The van der Waals surface area contributed by atoms with Crippen molar-refractivity contribution in [3.8, 4) is 0 Å². The van der Waals surface area contributed by atoms with Crippen molar-refractivity contribution in [1.82, 2.24) is 9.88 Å². The summed E-state index contributed by atoms with van der Waals surface area (Å²) in [4.78, 5) is 0. The summed E-state index contributed by atoms with van der Waals surface area (Å²) in [7, 11) is 2.01. The van der Waals surface area contributed by atoms with E-state index in [1.54, 1.807) is 0 Å². The van der Waals surface area contributed by atoms with E-state index in [0.29, 0.717) is 6.04 Å². The van der Waals surface area contributed by atoms with E-state index in [9.17, 15) is 0 Å². The Hall–Kier alpha value is -1.28. The van der Waals surface area contributed by atoms with Gasteiger partial charge >= 0.3 is 0 Å². The summed E-state index contributed by atoms with van der Waals surface area (Å²) in [5.74, 6) is 0. The van der Waals surface area contributed by atoms with Crippen LogP contribution in [0.5, 0.6) is 0 Å². The van der Waals surface area contributed by atoms with E-state index >= 15 is 0 Å². The maximum absolute atomic E-state index is 3.19. The lowest BCUT2D eigenvalue weighted by molar-refractivity contribution is 0.622. The summed E-state index contributed by atoms with van der Waals surface area (Å²) in [5.41, 5.74) is 2.80. The Bertz CT molecular complexity index is 483. The third kappa shape index (κ3) is 2.70. The lowest BCUT2D eigenvalue weighted by Gasteiger charge is -2.10. The van der Waals surface area contributed by atoms with Gasteiger partial charge in [0.15, 0.2) is 0 Å². The van der Waals surface area contributed by atoms with Crippen LogP contribution >= 0.6 is 0 Å². The van der Waals surface area contributed by atoms with Crippen molar-refractivity contribution in [2.24, 2.45) is 0 Å². The minimum atomic E-state index is 0.528. The number of benzene rings is 1. The van der Waals surface area contributed by atoms with Crippen LogP contribution in [-0.2, 0) is 6.42 Å². The van der Waals surface area contributed by atoms with Crippen molar-refractivity contribution < 1.29 is 0 Å². The van der Waals surface area contributed by atoms with E-state index < -0.39 is 0 Å². The minimum absolute atomic E-state index is 0.528. The largest absolute Gasteiger partial charge is 0.345 e. The molecule has 0 saturated carbocycles. The Balaban J connectivity index is 2.25. The molecule has 2 rings (SSSR count). The predicted octanol–water partition coefficient (Wildman–Crippen LogP) is 3.37. The Morgan fingerprint density at radius 3 is 2.76 bits per heavy atom. The molecule has 0 spiro atoms. The molecule has 17 heavy (non-hydrogen) atoms. The zero-order chi connectivity index (χ0) is 12.3. The van der Waals surface area contributed by atoms with Gasteiger partial charge in [0.25, 0.3) is 0 Å². The van der Waals surface area contributed by atoms with Gasteiger partial charge in [-0.15, -0.1) is 0 Å². The summed E-state index contributed by atoms with van der Waals surface area (Å²) in [5, 5.41) is 4.54. The molecule has 1 aromatic carbocycles. The zero-order valence-corrected chi connectivity index (χ0v) is 11.0. The van der Waals surface area contributed by atoms with E-state index in [2.05, 4.69) is 54.2 Å². The molecule has 0 amide bonds. The van der Waals surface area contributed by atoms with Gasteiger partial charge in [-0.2, -0.15) is 0 Å². The molecule has 2 heteroatoms. The summed E-state index contributed by atoms with van der Waals surface area (Å²) >= 11 is 0. The maximum atomic E-state index is 3.19. The van der Waals surface area contributed by atoms with Gasteiger partial charge in [0, 0.05) is 17.8 Å². The van der Waals surface area contributed by atoms with Crippen LogP contribution in [0.25, 0.3) is 10.9 Å². The number of rotatable bonds is 5. The highest BCUT2D eigenvalue weighted by molar-refractivity contribution is 5.81. The normalized spacial score (nSPS) is 11.5. The zero-order valence-electron chi connectivity index (χ0n) is 11.0. The third-order valence-corrected chi connectivity index (χ3v) is 3.24. The number of aromatic nitrogens is 1. The molecular weight excluding hydrogens is 208 g/mol. The smallest absolute Gasteiger partial charge is 0.0485 e. The molecule has 0 aliphatic heterocycles. The Labute approximate surface area is 104 Å². The fraction of sp³-hybridized carbons (Fsp3) is 0.467. The molecule has 0 atom stereocenters. The number of fused-ring (bicyclic) bond motifs is 1. The Morgan fingerprint density at radius 2 is 2.06 bits per heavy atom. The van der Waals surface area contributed by atoms with Crippen LogP contribution in [0.3, 0.4) is 0 Å². The number of nitrogens with one attached hydrogen (secondary N) is 1. The van der Waals surface area contributed by atoms with Crippen molar-refractivity contribution >= 4 is 10.9 Å². The van der Waals surface area contributed by atoms with Gasteiger partial charge in [-0.3, -0.25) is 0 Å². The van der Waals surface area contributed by atoms with Crippen LogP contribution in [-0.4, -0.2) is 18.2 Å². The van der Waals surface area contributed by atoms with E-state index in [4.69, 9.17) is 0 Å². The first-order chi connectivity index (χ1) is 8.22. The van der Waals surface area contributed by atoms with Crippen LogP contribution in [0.4, 0.5) is 0 Å². The van der Waals surface area contributed by atoms with Gasteiger partial charge < -0.3 is 9.88 Å². The molecule has 1 heterocycles. The fourth-order valence-corrected chi connectivity index (χ4v) is 2.27. The SMILES string of the molecule is CNCCCc1ccc2ccn(C(C)C)c2c1. The van der Waals surface area contributed by atoms with Crippen LogP contribution in [0.15, 0.2) is 30.5 Å². The van der Waals surface area contributed by atoms with Crippen LogP contribution in [0, 0.1) is 0 Å². The van der Waals surface area contributed by atoms with E-state index in [-0.39, 0.29) is 0 Å². The number of hydrogen-bond acceptors (Lipinski definition) is 1. The second-order valence-electron chi connectivity index (χ2n) is 4.92. The summed E-state index contributed by atoms with van der Waals surface area (Å²) in [6, 6.07) is 9.56. The van der Waals surface area contributed by atoms with Gasteiger partial charge in [-0.05, 0) is 63.4 Å². The number of nitrogens with zero attached hydrogens (tertiary/aromatic N) is 1. The average Bonchev–Trinajstić information content (AvgIpc) is 2.72. The summed E-state index contributed by atoms with van der Waals surface area (Å²) < 4.78 is 2.34. The maximum Gasteiger partial charge on any atom is 0.0485 e. The first kappa shape index (κ1) is 12.2. The highest BCUT2D eigenvalue weighted by atomic mass is 15.0. The van der Waals surface area contributed by atoms with E-state index in [1.165, 1.54) is 22.9 Å². The quantitative estimate of drug-likeness (QED) is 0.779. The Morgan fingerprint density at radius 1 is 1.24 bits per heavy atom. The first-order valence-corrected chi connectivity index (χ1v) is 6.46. The van der Waals surface area contributed by atoms with Crippen LogP contribution < -0.4 is 5.32 Å². The van der Waals surface area contributed by atoms with Crippen molar-refractivity contribution in [3.05, 3.63) is 36.0 Å². The monoisotopic (exact) mass is 230 g/mol. The molecule has 2 nitrogen and oxygen atoms in total. The molecule has 0 aliphatic rings. The highest BCUT2D eigenvalue weighted by Crippen LogP contribution is 2.21. The number of aryl methyl sites for hydroxylation is 1. The van der Waals surface area contributed by atoms with Crippen molar-refractivity contribution in [2.45, 2.75) is 32.7 Å². The molecule has 0 radical (unpaired) electrons. The standard InChI is InChI=1S/C15H22N2/c1-12(2)17-10-8-14-7-6-13(11-15(14)17)5-4-9-16-3/h6-8,10-12,16H,4-5,9H2,1-3H3. The second kappa shape index (κ2) is 5.37. The molecule has 2 aromatic rings. The van der Waals surface area contributed by atoms with Crippen molar-refractivity contribution in [2.75, 3.05) is 13.6 Å². The average molecular weight is 230 g/mol. The third-order valence-electron chi connectivity index (χ3n) is 3.24.